The van der Waals surface area contributed by atoms with Gasteiger partial charge in [0, 0.05) is 47.9 Å². The smallest absolute Gasteiger partial charge is 0.259 e. The number of hydrogen-bond donors (Lipinski definition) is 1. The van der Waals surface area contributed by atoms with Gasteiger partial charge < -0.3 is 14.6 Å². The highest BCUT2D eigenvalue weighted by Crippen LogP contribution is 2.39. The van der Waals surface area contributed by atoms with Crippen LogP contribution in [0.2, 0.25) is 0 Å². The fourth-order valence-electron chi connectivity index (χ4n) is 3.68. The highest BCUT2D eigenvalue weighted by Gasteiger charge is 2.30. The molecule has 0 spiro atoms. The first-order chi connectivity index (χ1) is 13.0. The summed E-state index contributed by atoms with van der Waals surface area (Å²) in [5.41, 5.74) is 3.18. The van der Waals surface area contributed by atoms with Crippen molar-refractivity contribution in [3.8, 4) is 11.5 Å². The summed E-state index contributed by atoms with van der Waals surface area (Å²) in [6, 6.07) is 5.22. The maximum Gasteiger partial charge on any atom is 0.259 e. The first-order valence-corrected chi connectivity index (χ1v) is 9.50. The van der Waals surface area contributed by atoms with Crippen molar-refractivity contribution in [3.63, 3.8) is 0 Å². The number of ether oxygens (including phenoxy) is 2. The van der Waals surface area contributed by atoms with Crippen LogP contribution in [0.5, 0.6) is 11.5 Å². The Morgan fingerprint density at radius 1 is 1.30 bits per heavy atom. The van der Waals surface area contributed by atoms with Gasteiger partial charge in [-0.15, -0.1) is 11.3 Å². The summed E-state index contributed by atoms with van der Waals surface area (Å²) in [4.78, 5) is 19.8. The molecule has 1 aliphatic heterocycles. The minimum Gasteiger partial charge on any atom is -0.496 e. The molecule has 0 radical (unpaired) electrons. The van der Waals surface area contributed by atoms with Crippen molar-refractivity contribution in [1.29, 1.82) is 0 Å². The van der Waals surface area contributed by atoms with Crippen molar-refractivity contribution in [1.82, 2.24) is 14.3 Å². The van der Waals surface area contributed by atoms with Crippen LogP contribution in [0.4, 0.5) is 0 Å². The minimum atomic E-state index is -0.701. The Kier molecular flexibility index (Phi) is 4.63. The van der Waals surface area contributed by atoms with E-state index in [1.54, 1.807) is 24.7 Å². The highest BCUT2D eigenvalue weighted by molar-refractivity contribution is 7.15. The predicted octanol–water partition coefficient (Wildman–Crippen LogP) is 2.13. The van der Waals surface area contributed by atoms with Crippen LogP contribution in [0.25, 0.3) is 4.96 Å². The average molecular weight is 387 g/mol. The number of rotatable bonds is 4. The Morgan fingerprint density at radius 3 is 2.78 bits per heavy atom. The summed E-state index contributed by atoms with van der Waals surface area (Å²) in [6.07, 6.45) is -0.701. The van der Waals surface area contributed by atoms with Gasteiger partial charge in [-0.25, -0.2) is 4.98 Å². The molecule has 8 heteroatoms. The van der Waals surface area contributed by atoms with Crippen LogP contribution in [0.15, 0.2) is 28.4 Å². The van der Waals surface area contributed by atoms with Crippen LogP contribution < -0.4 is 15.0 Å². The molecular weight excluding hydrogens is 366 g/mol. The maximum absolute atomic E-state index is 12.4. The van der Waals surface area contributed by atoms with Crippen molar-refractivity contribution in [2.75, 3.05) is 20.8 Å². The molecule has 1 N–H and O–H groups in total. The van der Waals surface area contributed by atoms with Gasteiger partial charge in [0.05, 0.1) is 26.0 Å². The number of β-amino-alcohol motifs (C(OH)–C–C–N with tert-alkyl or cyclic N) is 1. The van der Waals surface area contributed by atoms with E-state index in [2.05, 4.69) is 9.88 Å². The molecule has 3 heterocycles. The van der Waals surface area contributed by atoms with E-state index in [0.29, 0.717) is 41.8 Å². The Morgan fingerprint density at radius 2 is 2.04 bits per heavy atom. The van der Waals surface area contributed by atoms with Crippen LogP contribution in [0.3, 0.4) is 0 Å². The number of benzene rings is 1. The van der Waals surface area contributed by atoms with E-state index in [0.717, 1.165) is 16.8 Å². The Hall–Kier alpha value is -2.42. The third kappa shape index (κ3) is 3.09. The summed E-state index contributed by atoms with van der Waals surface area (Å²) in [5, 5.41) is 12.6. The van der Waals surface area contributed by atoms with E-state index in [-0.39, 0.29) is 5.56 Å². The topological polar surface area (TPSA) is 76.3 Å². The molecule has 2 aromatic heterocycles. The van der Waals surface area contributed by atoms with E-state index in [9.17, 15) is 9.90 Å². The quantitative estimate of drug-likeness (QED) is 0.739. The number of aliphatic hydroxyl groups excluding tert-OH is 1. The van der Waals surface area contributed by atoms with Crippen LogP contribution in [0, 0.1) is 6.92 Å². The molecule has 1 aromatic carbocycles. The Bertz CT molecular complexity index is 1060. The van der Waals surface area contributed by atoms with Gasteiger partial charge in [-0.2, -0.15) is 0 Å². The summed E-state index contributed by atoms with van der Waals surface area (Å²) in [7, 11) is 3.21. The molecule has 0 saturated carbocycles. The van der Waals surface area contributed by atoms with E-state index in [1.807, 2.05) is 24.4 Å². The molecule has 4 rings (SSSR count). The van der Waals surface area contributed by atoms with E-state index in [4.69, 9.17) is 9.47 Å². The first kappa shape index (κ1) is 18.0. The van der Waals surface area contributed by atoms with Gasteiger partial charge in [-0.05, 0) is 19.1 Å². The van der Waals surface area contributed by atoms with Gasteiger partial charge in [0.25, 0.3) is 5.56 Å². The lowest BCUT2D eigenvalue weighted by molar-refractivity contribution is 0.0836. The fourth-order valence-corrected chi connectivity index (χ4v) is 4.57. The van der Waals surface area contributed by atoms with Gasteiger partial charge >= 0.3 is 0 Å². The van der Waals surface area contributed by atoms with Crippen molar-refractivity contribution < 1.29 is 14.6 Å². The lowest BCUT2D eigenvalue weighted by Gasteiger charge is -2.33. The monoisotopic (exact) mass is 387 g/mol. The molecular formula is C19H21N3O4S. The van der Waals surface area contributed by atoms with Crippen molar-refractivity contribution in [3.05, 3.63) is 56.4 Å². The maximum atomic E-state index is 12.4. The zero-order valence-electron chi connectivity index (χ0n) is 15.4. The van der Waals surface area contributed by atoms with Crippen LogP contribution in [0.1, 0.15) is 28.6 Å². The van der Waals surface area contributed by atoms with E-state index >= 15 is 0 Å². The second-order valence-corrected chi connectivity index (χ2v) is 7.47. The number of nitrogens with zero attached hydrogens (tertiary/aromatic N) is 3. The van der Waals surface area contributed by atoms with Crippen LogP contribution in [-0.4, -0.2) is 40.2 Å². The number of thiazole rings is 1. The number of aromatic nitrogens is 2. The molecule has 1 aliphatic rings. The van der Waals surface area contributed by atoms with Crippen molar-refractivity contribution in [2.45, 2.75) is 26.1 Å². The summed E-state index contributed by atoms with van der Waals surface area (Å²) >= 11 is 1.45. The number of methoxy groups -OCH3 is 2. The second kappa shape index (κ2) is 6.95. The molecule has 142 valence electrons. The molecule has 3 aromatic rings. The third-order valence-corrected chi connectivity index (χ3v) is 5.82. The normalized spacial score (nSPS) is 17.1. The Balaban J connectivity index is 1.67. The summed E-state index contributed by atoms with van der Waals surface area (Å²) in [5.74, 6) is 1.37. The number of aliphatic hydroxyl groups is 1. The van der Waals surface area contributed by atoms with Gasteiger partial charge in [0.15, 0.2) is 4.96 Å². The standard InChI is InChI=1S/C19H21N3O4S/c1-11-10-27-19-20-12(6-17(24)22(11)19)7-21-8-13-15(25-2)4-5-16(26-3)18(13)14(23)9-21/h4-6,10,14,23H,7-9H2,1-3H3. The Labute approximate surface area is 160 Å². The number of fused-ring (bicyclic) bond motifs is 2. The SMILES string of the molecule is COc1ccc(OC)c2c1CN(Cc1cc(=O)n3c(C)csc3n1)CC2O. The number of aryl methyl sites for hydroxylation is 1. The molecule has 0 amide bonds. The zero-order valence-corrected chi connectivity index (χ0v) is 16.2. The average Bonchev–Trinajstić information content (AvgIpc) is 3.02. The number of hydrogen-bond acceptors (Lipinski definition) is 7. The van der Waals surface area contributed by atoms with Gasteiger partial charge in [0.2, 0.25) is 0 Å². The fraction of sp³-hybridized carbons (Fsp3) is 0.368. The van der Waals surface area contributed by atoms with E-state index < -0.39 is 6.10 Å². The largest absolute Gasteiger partial charge is 0.496 e. The molecule has 1 atom stereocenters. The molecule has 0 bridgehead atoms. The lowest BCUT2D eigenvalue weighted by Crippen LogP contribution is -2.34. The van der Waals surface area contributed by atoms with Crippen molar-refractivity contribution in [2.24, 2.45) is 0 Å². The molecule has 7 nitrogen and oxygen atoms in total. The van der Waals surface area contributed by atoms with Crippen LogP contribution >= 0.6 is 11.3 Å². The molecule has 0 saturated heterocycles. The predicted molar refractivity (Wildman–Crippen MR) is 103 cm³/mol. The summed E-state index contributed by atoms with van der Waals surface area (Å²) in [6.45, 7) is 3.38. The van der Waals surface area contributed by atoms with Gasteiger partial charge in [-0.3, -0.25) is 14.1 Å². The highest BCUT2D eigenvalue weighted by atomic mass is 32.1. The van der Waals surface area contributed by atoms with Gasteiger partial charge in [-0.1, -0.05) is 0 Å². The molecule has 0 aliphatic carbocycles. The third-order valence-electron chi connectivity index (χ3n) is 4.87. The summed E-state index contributed by atoms with van der Waals surface area (Å²) < 4.78 is 12.5. The lowest BCUT2D eigenvalue weighted by atomic mass is 9.95. The minimum absolute atomic E-state index is 0.0778. The van der Waals surface area contributed by atoms with Crippen LogP contribution in [-0.2, 0) is 13.1 Å². The second-order valence-electron chi connectivity index (χ2n) is 6.63. The molecule has 27 heavy (non-hydrogen) atoms. The zero-order chi connectivity index (χ0) is 19.1. The van der Waals surface area contributed by atoms with Gasteiger partial charge in [0.1, 0.15) is 11.5 Å². The van der Waals surface area contributed by atoms with Crippen molar-refractivity contribution >= 4 is 16.3 Å². The molecule has 1 unspecified atom stereocenters. The first-order valence-electron chi connectivity index (χ1n) is 8.62. The molecule has 0 fully saturated rings. The van der Waals surface area contributed by atoms with E-state index in [1.165, 1.54) is 11.3 Å².